The van der Waals surface area contributed by atoms with Gasteiger partial charge in [-0.15, -0.1) is 0 Å². The van der Waals surface area contributed by atoms with Gasteiger partial charge in [0.25, 0.3) is 11.6 Å². The number of ether oxygens (including phenoxy) is 3. The van der Waals surface area contributed by atoms with E-state index in [2.05, 4.69) is 5.32 Å². The molecule has 3 aliphatic heterocycles. The van der Waals surface area contributed by atoms with Gasteiger partial charge in [0.05, 0.1) is 13.0 Å². The largest absolute Gasteiger partial charge is 0.508 e. The predicted octanol–water partition coefficient (Wildman–Crippen LogP) is -0.597. The van der Waals surface area contributed by atoms with E-state index in [0.717, 1.165) is 0 Å². The van der Waals surface area contributed by atoms with E-state index in [9.17, 15) is 19.5 Å². The number of cyclic esters (lactones) is 1. The molecule has 2 N–H and O–H groups in total. The molecule has 26 heavy (non-hydrogen) atoms. The lowest BCUT2D eigenvalue weighted by molar-refractivity contribution is -0.257. The number of β-lactam (4-membered cyclic amide) rings is 1. The molecular weight excluding hydrogens is 344 g/mol. The summed E-state index contributed by atoms with van der Waals surface area (Å²) >= 11 is 0. The van der Waals surface area contributed by atoms with Gasteiger partial charge in [0.1, 0.15) is 18.1 Å². The highest BCUT2D eigenvalue weighted by molar-refractivity contribution is 6.04. The van der Waals surface area contributed by atoms with Gasteiger partial charge in [-0.25, -0.2) is 4.79 Å². The summed E-state index contributed by atoms with van der Waals surface area (Å²) < 4.78 is 15.9. The Kier molecular flexibility index (Phi) is 3.70. The van der Waals surface area contributed by atoms with Crippen LogP contribution in [0.5, 0.6) is 5.75 Å². The number of phenols is 1. The Bertz CT molecular complexity index is 832. The van der Waals surface area contributed by atoms with Crippen LogP contribution in [-0.4, -0.2) is 60.1 Å². The van der Waals surface area contributed by atoms with Crippen LogP contribution in [0.4, 0.5) is 0 Å². The molecule has 0 unspecified atom stereocenters. The molecule has 1 saturated heterocycles. The molecule has 0 saturated carbocycles. The zero-order valence-corrected chi connectivity index (χ0v) is 13.9. The Balaban J connectivity index is 1.52. The third kappa shape index (κ3) is 2.28. The number of phenolic OH excluding ortho intramolecular Hbond substituents is 1. The van der Waals surface area contributed by atoms with Crippen molar-refractivity contribution in [3.8, 4) is 5.75 Å². The molecular formula is C17H16N2O7. The van der Waals surface area contributed by atoms with Crippen molar-refractivity contribution >= 4 is 17.8 Å². The summed E-state index contributed by atoms with van der Waals surface area (Å²) in [4.78, 5) is 38.1. The summed E-state index contributed by atoms with van der Waals surface area (Å²) in [5, 5.41) is 11.9. The zero-order chi connectivity index (χ0) is 18.5. The van der Waals surface area contributed by atoms with Crippen molar-refractivity contribution in [2.75, 3.05) is 20.3 Å². The van der Waals surface area contributed by atoms with E-state index in [1.807, 2.05) is 0 Å². The molecule has 9 heteroatoms. The van der Waals surface area contributed by atoms with Crippen LogP contribution in [0, 0.1) is 0 Å². The minimum atomic E-state index is -1.69. The first-order valence-corrected chi connectivity index (χ1v) is 7.95. The van der Waals surface area contributed by atoms with Gasteiger partial charge < -0.3 is 24.6 Å². The molecule has 2 amide bonds. The van der Waals surface area contributed by atoms with Crippen molar-refractivity contribution in [1.29, 1.82) is 0 Å². The normalized spacial score (nSPS) is 26.8. The number of hydrogen-bond acceptors (Lipinski definition) is 7. The van der Waals surface area contributed by atoms with Crippen LogP contribution in [0.15, 0.2) is 35.5 Å². The summed E-state index contributed by atoms with van der Waals surface area (Å²) in [7, 11) is 1.29. The van der Waals surface area contributed by atoms with Crippen molar-refractivity contribution in [3.63, 3.8) is 0 Å². The van der Waals surface area contributed by atoms with Crippen molar-refractivity contribution < 1.29 is 33.7 Å². The van der Waals surface area contributed by atoms with Crippen LogP contribution in [-0.2, 0) is 35.0 Å². The first-order chi connectivity index (χ1) is 12.5. The van der Waals surface area contributed by atoms with E-state index in [4.69, 9.17) is 14.2 Å². The van der Waals surface area contributed by atoms with E-state index >= 15 is 0 Å². The minimum Gasteiger partial charge on any atom is -0.508 e. The second-order valence-electron chi connectivity index (χ2n) is 6.20. The summed E-state index contributed by atoms with van der Waals surface area (Å²) in [5.74, 6) is -1.53. The van der Waals surface area contributed by atoms with Crippen molar-refractivity contribution in [3.05, 3.63) is 41.1 Å². The van der Waals surface area contributed by atoms with Gasteiger partial charge >= 0.3 is 5.97 Å². The van der Waals surface area contributed by atoms with Gasteiger partial charge in [-0.05, 0) is 17.7 Å². The first kappa shape index (κ1) is 16.6. The molecule has 0 aromatic heterocycles. The van der Waals surface area contributed by atoms with Crippen molar-refractivity contribution in [1.82, 2.24) is 10.2 Å². The standard InChI is InChI=1S/C17H16N2O7/c1-24-17(18-12(21)6-9-2-4-11(20)5-3-9)15(23)19-13-10(7-25-14(13)22)8-26-16(17)19/h2-5,16,20H,6-8H2,1H3,(H,18,21)/t16-,17+/m1/s1. The lowest BCUT2D eigenvalue weighted by Crippen LogP contribution is -2.82. The number of fused-ring (bicyclic) bond motifs is 2. The Labute approximate surface area is 148 Å². The highest BCUT2D eigenvalue weighted by Gasteiger charge is 2.68. The van der Waals surface area contributed by atoms with Crippen LogP contribution in [0.25, 0.3) is 0 Å². The average molecular weight is 360 g/mol. The summed E-state index contributed by atoms with van der Waals surface area (Å²) in [6.07, 6.45) is -0.949. The molecule has 0 spiro atoms. The maximum atomic E-state index is 12.7. The van der Waals surface area contributed by atoms with Crippen LogP contribution >= 0.6 is 0 Å². The smallest absolute Gasteiger partial charge is 0.355 e. The third-order valence-electron chi connectivity index (χ3n) is 4.63. The number of hydrogen-bond donors (Lipinski definition) is 2. The van der Waals surface area contributed by atoms with Gasteiger partial charge in [-0.2, -0.15) is 0 Å². The maximum absolute atomic E-state index is 12.7. The lowest BCUT2D eigenvalue weighted by Gasteiger charge is -2.54. The molecule has 1 aromatic rings. The van der Waals surface area contributed by atoms with Crippen LogP contribution in [0.2, 0.25) is 0 Å². The summed E-state index contributed by atoms with van der Waals surface area (Å²) in [6, 6.07) is 6.14. The number of carbonyl (C=O) groups is 3. The maximum Gasteiger partial charge on any atom is 0.355 e. The molecule has 136 valence electrons. The average Bonchev–Trinajstić information content (AvgIpc) is 3.01. The lowest BCUT2D eigenvalue weighted by atomic mass is 9.94. The Morgan fingerprint density at radius 3 is 2.77 bits per heavy atom. The van der Waals surface area contributed by atoms with Gasteiger partial charge in [0, 0.05) is 12.7 Å². The summed E-state index contributed by atoms with van der Waals surface area (Å²) in [5.41, 5.74) is -0.259. The summed E-state index contributed by atoms with van der Waals surface area (Å²) in [6.45, 7) is 0.215. The van der Waals surface area contributed by atoms with E-state index in [1.165, 1.54) is 24.1 Å². The van der Waals surface area contributed by atoms with Crippen LogP contribution in [0.3, 0.4) is 0 Å². The fourth-order valence-corrected chi connectivity index (χ4v) is 3.31. The quantitative estimate of drug-likeness (QED) is 0.419. The fraction of sp³-hybridized carbons (Fsp3) is 0.353. The number of aromatic hydroxyl groups is 1. The Morgan fingerprint density at radius 1 is 1.35 bits per heavy atom. The zero-order valence-electron chi connectivity index (χ0n) is 13.9. The van der Waals surface area contributed by atoms with Gasteiger partial charge in [-0.3, -0.25) is 14.5 Å². The van der Waals surface area contributed by atoms with E-state index < -0.39 is 29.7 Å². The highest BCUT2D eigenvalue weighted by Crippen LogP contribution is 2.42. The number of esters is 1. The number of nitrogens with one attached hydrogen (secondary N) is 1. The third-order valence-corrected chi connectivity index (χ3v) is 4.63. The molecule has 2 atom stereocenters. The highest BCUT2D eigenvalue weighted by atomic mass is 16.6. The number of carbonyl (C=O) groups excluding carboxylic acids is 3. The minimum absolute atomic E-state index is 0.0125. The molecule has 0 aliphatic carbocycles. The van der Waals surface area contributed by atoms with Gasteiger partial charge in [0.15, 0.2) is 6.23 Å². The second-order valence-corrected chi connectivity index (χ2v) is 6.20. The number of rotatable bonds is 4. The molecule has 9 nitrogen and oxygen atoms in total. The molecule has 1 fully saturated rings. The molecule has 1 aromatic carbocycles. The van der Waals surface area contributed by atoms with E-state index in [1.54, 1.807) is 12.1 Å². The van der Waals surface area contributed by atoms with Crippen molar-refractivity contribution in [2.45, 2.75) is 18.4 Å². The van der Waals surface area contributed by atoms with Crippen LogP contribution < -0.4 is 5.32 Å². The molecule has 0 radical (unpaired) electrons. The van der Waals surface area contributed by atoms with E-state index in [-0.39, 0.29) is 31.1 Å². The fourth-order valence-electron chi connectivity index (χ4n) is 3.31. The predicted molar refractivity (Wildman–Crippen MR) is 84.3 cm³/mol. The number of methoxy groups -OCH3 is 1. The van der Waals surface area contributed by atoms with Gasteiger partial charge in [-0.1, -0.05) is 12.1 Å². The van der Waals surface area contributed by atoms with Crippen molar-refractivity contribution in [2.24, 2.45) is 0 Å². The Hall–Kier alpha value is -2.91. The second kappa shape index (κ2) is 5.82. The molecule has 4 rings (SSSR count). The topological polar surface area (TPSA) is 114 Å². The molecule has 3 heterocycles. The SMILES string of the molecule is CO[C@@]1(NC(=O)Cc2ccc(O)cc2)C(=O)N2C3=C(COC3=O)CO[C@@H]21. The molecule has 3 aliphatic rings. The van der Waals surface area contributed by atoms with E-state index in [0.29, 0.717) is 11.1 Å². The first-order valence-electron chi connectivity index (χ1n) is 7.95. The number of benzene rings is 1. The van der Waals surface area contributed by atoms with Gasteiger partial charge in [0.2, 0.25) is 5.91 Å². The van der Waals surface area contributed by atoms with Crippen LogP contribution in [0.1, 0.15) is 5.56 Å². The number of nitrogens with zero attached hydrogens (tertiary/aromatic N) is 1. The molecule has 0 bridgehead atoms. The number of amides is 2. The monoisotopic (exact) mass is 360 g/mol. The Morgan fingerprint density at radius 2 is 2.08 bits per heavy atom.